The Morgan fingerprint density at radius 3 is 2.08 bits per heavy atom. The molecule has 3 aromatic rings. The molecule has 134 valence electrons. The van der Waals surface area contributed by atoms with Crippen LogP contribution in [0.3, 0.4) is 0 Å². The third-order valence-electron chi connectivity index (χ3n) is 4.23. The third kappa shape index (κ3) is 3.99. The van der Waals surface area contributed by atoms with Crippen molar-refractivity contribution in [3.63, 3.8) is 0 Å². The molecule has 0 heterocycles. The van der Waals surface area contributed by atoms with Gasteiger partial charge in [-0.05, 0) is 73.5 Å². The number of benzene rings is 3. The molecule has 0 aliphatic carbocycles. The van der Waals surface area contributed by atoms with Crippen LogP contribution in [0.25, 0.3) is 0 Å². The van der Waals surface area contributed by atoms with Gasteiger partial charge in [-0.1, -0.05) is 25.1 Å². The molecule has 0 saturated carbocycles. The van der Waals surface area contributed by atoms with Gasteiger partial charge >= 0.3 is 0 Å². The van der Waals surface area contributed by atoms with Gasteiger partial charge in [-0.2, -0.15) is 0 Å². The van der Waals surface area contributed by atoms with Crippen molar-refractivity contribution in [1.82, 2.24) is 0 Å². The van der Waals surface area contributed by atoms with E-state index in [1.54, 1.807) is 7.11 Å². The van der Waals surface area contributed by atoms with E-state index in [0.29, 0.717) is 0 Å². The largest absolute Gasteiger partial charge is 0.497 e. The van der Waals surface area contributed by atoms with E-state index < -0.39 is 0 Å². The van der Waals surface area contributed by atoms with Crippen LogP contribution >= 0.6 is 0 Å². The van der Waals surface area contributed by atoms with Crippen molar-refractivity contribution in [3.05, 3.63) is 78.4 Å². The van der Waals surface area contributed by atoms with Crippen molar-refractivity contribution in [2.45, 2.75) is 20.3 Å². The quantitative estimate of drug-likeness (QED) is 0.503. The van der Waals surface area contributed by atoms with E-state index in [4.69, 9.17) is 9.47 Å². The summed E-state index contributed by atoms with van der Waals surface area (Å²) < 4.78 is 11.1. The third-order valence-corrected chi connectivity index (χ3v) is 4.23. The Labute approximate surface area is 155 Å². The summed E-state index contributed by atoms with van der Waals surface area (Å²) in [6.07, 6.45) is 1.00. The highest BCUT2D eigenvalue weighted by Crippen LogP contribution is 2.38. The lowest BCUT2D eigenvalue weighted by Crippen LogP contribution is -2.11. The van der Waals surface area contributed by atoms with Crippen LogP contribution in [-0.4, -0.2) is 13.7 Å². The molecule has 0 saturated heterocycles. The van der Waals surface area contributed by atoms with Gasteiger partial charge in [0.15, 0.2) is 0 Å². The fraction of sp³-hybridized carbons (Fsp3) is 0.217. The minimum atomic E-state index is 0.735. The molecule has 0 aliphatic heterocycles. The number of hydrogen-bond acceptors (Lipinski definition) is 3. The number of nitrogens with zero attached hydrogens (tertiary/aromatic N) is 1. The zero-order chi connectivity index (χ0) is 18.4. The van der Waals surface area contributed by atoms with E-state index in [-0.39, 0.29) is 0 Å². The van der Waals surface area contributed by atoms with Gasteiger partial charge in [-0.25, -0.2) is 0 Å². The molecule has 3 heteroatoms. The molecule has 0 spiro atoms. The number of methoxy groups -OCH3 is 1. The van der Waals surface area contributed by atoms with E-state index in [1.165, 1.54) is 0 Å². The Kier molecular flexibility index (Phi) is 5.80. The molecule has 3 aromatic carbocycles. The normalized spacial score (nSPS) is 10.4. The maximum Gasteiger partial charge on any atom is 0.119 e. The van der Waals surface area contributed by atoms with Gasteiger partial charge in [0.2, 0.25) is 0 Å². The van der Waals surface area contributed by atoms with Crippen LogP contribution in [0.1, 0.15) is 18.9 Å². The standard InChI is InChI=1S/C23H25NO2/c1-4-16-26-21-12-10-20(11-13-21)24(19-8-6-5-7-9-19)23-15-14-22(25-3)17-18(23)2/h5-15,17H,4,16H2,1-3H3. The lowest BCUT2D eigenvalue weighted by molar-refractivity contribution is 0.317. The van der Waals surface area contributed by atoms with Crippen LogP contribution < -0.4 is 14.4 Å². The van der Waals surface area contributed by atoms with Gasteiger partial charge in [-0.15, -0.1) is 0 Å². The minimum absolute atomic E-state index is 0.735. The average Bonchev–Trinajstić information content (AvgIpc) is 2.69. The van der Waals surface area contributed by atoms with Gasteiger partial charge in [0.1, 0.15) is 11.5 Å². The second kappa shape index (κ2) is 8.43. The molecule has 3 rings (SSSR count). The fourth-order valence-corrected chi connectivity index (χ4v) is 2.92. The molecule has 0 atom stereocenters. The first kappa shape index (κ1) is 17.9. The second-order valence-electron chi connectivity index (χ2n) is 6.17. The smallest absolute Gasteiger partial charge is 0.119 e. The summed E-state index contributed by atoms with van der Waals surface area (Å²) in [6.45, 7) is 4.95. The number of ether oxygens (including phenoxy) is 2. The van der Waals surface area contributed by atoms with Gasteiger partial charge in [-0.3, -0.25) is 0 Å². The molecular formula is C23H25NO2. The molecule has 0 unspecified atom stereocenters. The number of hydrogen-bond donors (Lipinski definition) is 0. The van der Waals surface area contributed by atoms with E-state index in [1.807, 2.05) is 24.3 Å². The van der Waals surface area contributed by atoms with E-state index >= 15 is 0 Å². The molecule has 0 aliphatic rings. The summed E-state index contributed by atoms with van der Waals surface area (Å²) >= 11 is 0. The first-order valence-electron chi connectivity index (χ1n) is 8.95. The Hall–Kier alpha value is -2.94. The molecule has 0 bridgehead atoms. The summed E-state index contributed by atoms with van der Waals surface area (Å²) in [4.78, 5) is 2.25. The molecule has 0 aromatic heterocycles. The summed E-state index contributed by atoms with van der Waals surface area (Å²) in [7, 11) is 1.69. The average molecular weight is 347 g/mol. The molecule has 0 fully saturated rings. The van der Waals surface area contributed by atoms with E-state index in [9.17, 15) is 0 Å². The number of anilines is 3. The van der Waals surface area contributed by atoms with Crippen LogP contribution in [0.5, 0.6) is 11.5 Å². The van der Waals surface area contributed by atoms with Gasteiger partial charge < -0.3 is 14.4 Å². The maximum atomic E-state index is 5.72. The summed E-state index contributed by atoms with van der Waals surface area (Å²) in [5, 5.41) is 0. The van der Waals surface area contributed by atoms with E-state index in [0.717, 1.165) is 47.2 Å². The highest BCUT2D eigenvalue weighted by molar-refractivity contribution is 5.78. The number of para-hydroxylation sites is 1. The van der Waals surface area contributed by atoms with Crippen molar-refractivity contribution in [1.29, 1.82) is 0 Å². The Morgan fingerprint density at radius 2 is 1.46 bits per heavy atom. The highest BCUT2D eigenvalue weighted by Gasteiger charge is 2.15. The zero-order valence-corrected chi connectivity index (χ0v) is 15.6. The maximum absolute atomic E-state index is 5.72. The lowest BCUT2D eigenvalue weighted by Gasteiger charge is -2.27. The van der Waals surface area contributed by atoms with Crippen molar-refractivity contribution in [2.75, 3.05) is 18.6 Å². The molecule has 0 N–H and O–H groups in total. The van der Waals surface area contributed by atoms with Gasteiger partial charge in [0, 0.05) is 17.1 Å². The minimum Gasteiger partial charge on any atom is -0.497 e. The van der Waals surface area contributed by atoms with Crippen molar-refractivity contribution >= 4 is 17.1 Å². The Balaban J connectivity index is 2.02. The van der Waals surface area contributed by atoms with Crippen molar-refractivity contribution in [2.24, 2.45) is 0 Å². The van der Waals surface area contributed by atoms with Crippen molar-refractivity contribution < 1.29 is 9.47 Å². The summed E-state index contributed by atoms with van der Waals surface area (Å²) in [5.74, 6) is 1.76. The summed E-state index contributed by atoms with van der Waals surface area (Å²) in [5.41, 5.74) is 4.48. The lowest BCUT2D eigenvalue weighted by atomic mass is 10.1. The monoisotopic (exact) mass is 347 g/mol. The van der Waals surface area contributed by atoms with Crippen molar-refractivity contribution in [3.8, 4) is 11.5 Å². The Morgan fingerprint density at radius 1 is 0.808 bits per heavy atom. The molecule has 0 radical (unpaired) electrons. The summed E-state index contributed by atoms with van der Waals surface area (Å²) in [6, 6.07) is 24.8. The fourth-order valence-electron chi connectivity index (χ4n) is 2.92. The highest BCUT2D eigenvalue weighted by atomic mass is 16.5. The molecular weight excluding hydrogens is 322 g/mol. The van der Waals surface area contributed by atoms with Gasteiger partial charge in [0.25, 0.3) is 0 Å². The van der Waals surface area contributed by atoms with Crippen LogP contribution in [-0.2, 0) is 0 Å². The number of aryl methyl sites for hydroxylation is 1. The van der Waals surface area contributed by atoms with Crippen LogP contribution in [0.4, 0.5) is 17.1 Å². The molecule has 26 heavy (non-hydrogen) atoms. The van der Waals surface area contributed by atoms with Crippen LogP contribution in [0.15, 0.2) is 72.8 Å². The zero-order valence-electron chi connectivity index (χ0n) is 15.6. The molecule has 0 amide bonds. The topological polar surface area (TPSA) is 21.7 Å². The predicted molar refractivity (Wildman–Crippen MR) is 108 cm³/mol. The van der Waals surface area contributed by atoms with Crippen LogP contribution in [0, 0.1) is 6.92 Å². The number of rotatable bonds is 7. The van der Waals surface area contributed by atoms with Gasteiger partial charge in [0.05, 0.1) is 13.7 Å². The SMILES string of the molecule is CCCOc1ccc(N(c2ccccc2)c2ccc(OC)cc2C)cc1. The second-order valence-corrected chi connectivity index (χ2v) is 6.17. The van der Waals surface area contributed by atoms with E-state index in [2.05, 4.69) is 67.3 Å². The first-order chi connectivity index (χ1) is 12.7. The predicted octanol–water partition coefficient (Wildman–Crippen LogP) is 6.26. The first-order valence-corrected chi connectivity index (χ1v) is 8.95. The van der Waals surface area contributed by atoms with Crippen LogP contribution in [0.2, 0.25) is 0 Å². The Bertz CT molecular complexity index is 829. The molecule has 3 nitrogen and oxygen atoms in total.